The molecular weight excluding hydrogens is 362 g/mol. The molecule has 0 amide bonds. The molecule has 27 heavy (non-hydrogen) atoms. The summed E-state index contributed by atoms with van der Waals surface area (Å²) in [7, 11) is -3.30. The smallest absolute Gasteiger partial charge is 0.218 e. The predicted molar refractivity (Wildman–Crippen MR) is 102 cm³/mol. The van der Waals surface area contributed by atoms with Crippen LogP contribution in [-0.4, -0.2) is 46.0 Å². The molecule has 1 saturated heterocycles. The molecule has 4 rings (SSSR count). The Balaban J connectivity index is 1.38. The van der Waals surface area contributed by atoms with Crippen molar-refractivity contribution >= 4 is 10.0 Å². The van der Waals surface area contributed by atoms with Crippen LogP contribution in [0, 0.1) is 5.92 Å². The van der Waals surface area contributed by atoms with E-state index in [1.165, 1.54) is 0 Å². The molecule has 0 aliphatic carbocycles. The highest BCUT2D eigenvalue weighted by atomic mass is 32.2. The molecule has 140 valence electrons. The van der Waals surface area contributed by atoms with Crippen molar-refractivity contribution in [2.75, 3.05) is 13.1 Å². The second-order valence-electron chi connectivity index (χ2n) is 6.81. The van der Waals surface area contributed by atoms with Gasteiger partial charge in [-0.3, -0.25) is 10.1 Å². The summed E-state index contributed by atoms with van der Waals surface area (Å²) < 4.78 is 26.9. The van der Waals surface area contributed by atoms with E-state index in [2.05, 4.69) is 20.2 Å². The molecule has 3 heterocycles. The first kappa shape index (κ1) is 17.8. The van der Waals surface area contributed by atoms with Gasteiger partial charge < -0.3 is 0 Å². The van der Waals surface area contributed by atoms with E-state index in [-0.39, 0.29) is 11.7 Å². The van der Waals surface area contributed by atoms with E-state index < -0.39 is 10.0 Å². The van der Waals surface area contributed by atoms with Crippen LogP contribution in [0.4, 0.5) is 0 Å². The van der Waals surface area contributed by atoms with Gasteiger partial charge in [-0.05, 0) is 30.0 Å². The van der Waals surface area contributed by atoms with Crippen molar-refractivity contribution in [1.82, 2.24) is 24.5 Å². The van der Waals surface area contributed by atoms with E-state index in [4.69, 9.17) is 0 Å². The number of benzene rings is 1. The van der Waals surface area contributed by atoms with Gasteiger partial charge in [-0.25, -0.2) is 17.7 Å². The zero-order valence-electron chi connectivity index (χ0n) is 14.8. The van der Waals surface area contributed by atoms with Gasteiger partial charge in [0.15, 0.2) is 5.82 Å². The highest BCUT2D eigenvalue weighted by Gasteiger charge is 2.32. The van der Waals surface area contributed by atoms with Gasteiger partial charge in [0.05, 0.1) is 5.75 Å². The number of aromatic nitrogens is 4. The Morgan fingerprint density at radius 1 is 1.15 bits per heavy atom. The number of nitrogens with one attached hydrogen (secondary N) is 1. The van der Waals surface area contributed by atoms with Gasteiger partial charge in [0.1, 0.15) is 5.82 Å². The van der Waals surface area contributed by atoms with E-state index in [0.29, 0.717) is 25.3 Å². The van der Waals surface area contributed by atoms with Gasteiger partial charge in [0, 0.05) is 37.5 Å². The zero-order chi connectivity index (χ0) is 18.7. The van der Waals surface area contributed by atoms with Crippen molar-refractivity contribution < 1.29 is 8.42 Å². The van der Waals surface area contributed by atoms with Crippen LogP contribution in [-0.2, 0) is 22.2 Å². The normalized spacial score (nSPS) is 18.0. The monoisotopic (exact) mass is 383 g/mol. The molecule has 1 atom stereocenters. The van der Waals surface area contributed by atoms with Gasteiger partial charge in [-0.1, -0.05) is 30.3 Å². The van der Waals surface area contributed by atoms with Crippen molar-refractivity contribution in [3.8, 4) is 11.4 Å². The van der Waals surface area contributed by atoms with Crippen LogP contribution in [0.2, 0.25) is 0 Å². The lowest BCUT2D eigenvalue weighted by molar-refractivity contribution is 0.452. The SMILES string of the molecule is O=S(=O)(Cc1ccccc1)N1CCC(Cc2nc(-c3cccnc3)n[nH]2)C1. The zero-order valence-corrected chi connectivity index (χ0v) is 15.6. The molecule has 1 aromatic carbocycles. The lowest BCUT2D eigenvalue weighted by Gasteiger charge is -2.16. The highest BCUT2D eigenvalue weighted by Crippen LogP contribution is 2.24. The highest BCUT2D eigenvalue weighted by molar-refractivity contribution is 7.88. The van der Waals surface area contributed by atoms with Crippen LogP contribution in [0.25, 0.3) is 11.4 Å². The summed E-state index contributed by atoms with van der Waals surface area (Å²) in [4.78, 5) is 8.60. The number of aromatic amines is 1. The molecule has 1 aliphatic heterocycles. The van der Waals surface area contributed by atoms with E-state index in [1.54, 1.807) is 16.7 Å². The molecule has 0 saturated carbocycles. The summed E-state index contributed by atoms with van der Waals surface area (Å²) >= 11 is 0. The second-order valence-corrected chi connectivity index (χ2v) is 8.77. The fourth-order valence-corrected chi connectivity index (χ4v) is 4.99. The van der Waals surface area contributed by atoms with Crippen molar-refractivity contribution in [2.45, 2.75) is 18.6 Å². The molecule has 1 aliphatic rings. The molecule has 0 radical (unpaired) electrons. The standard InChI is InChI=1S/C19H21N5O2S/c25-27(26,14-15-5-2-1-3-6-15)24-10-8-16(13-24)11-18-21-19(23-22-18)17-7-4-9-20-12-17/h1-7,9,12,16H,8,10-11,13-14H2,(H,21,22,23). The van der Waals surface area contributed by atoms with Gasteiger partial charge >= 0.3 is 0 Å². The van der Waals surface area contributed by atoms with Crippen LogP contribution >= 0.6 is 0 Å². The third-order valence-electron chi connectivity index (χ3n) is 4.77. The van der Waals surface area contributed by atoms with E-state index in [0.717, 1.165) is 23.4 Å². The summed E-state index contributed by atoms with van der Waals surface area (Å²) in [5.41, 5.74) is 1.68. The Morgan fingerprint density at radius 3 is 2.78 bits per heavy atom. The molecule has 2 aromatic heterocycles. The molecule has 1 unspecified atom stereocenters. The summed E-state index contributed by atoms with van der Waals surface area (Å²) in [6, 6.07) is 13.1. The lowest BCUT2D eigenvalue weighted by atomic mass is 10.1. The number of nitrogens with zero attached hydrogens (tertiary/aromatic N) is 4. The maximum absolute atomic E-state index is 12.7. The fraction of sp³-hybridized carbons (Fsp3) is 0.316. The van der Waals surface area contributed by atoms with Gasteiger partial charge in [-0.15, -0.1) is 0 Å². The molecule has 8 heteroatoms. The molecule has 3 aromatic rings. The first-order chi connectivity index (χ1) is 13.1. The topological polar surface area (TPSA) is 91.8 Å². The molecule has 1 N–H and O–H groups in total. The average Bonchev–Trinajstić information content (AvgIpc) is 3.34. The largest absolute Gasteiger partial charge is 0.264 e. The van der Waals surface area contributed by atoms with E-state index in [9.17, 15) is 8.42 Å². The number of rotatable bonds is 6. The van der Waals surface area contributed by atoms with Gasteiger partial charge in [0.2, 0.25) is 10.0 Å². The second kappa shape index (κ2) is 7.58. The molecular formula is C19H21N5O2S. The van der Waals surface area contributed by atoms with Crippen LogP contribution < -0.4 is 0 Å². The summed E-state index contributed by atoms with van der Waals surface area (Å²) in [6.07, 6.45) is 4.95. The quantitative estimate of drug-likeness (QED) is 0.705. The lowest BCUT2D eigenvalue weighted by Crippen LogP contribution is -2.30. The number of sulfonamides is 1. The maximum Gasteiger partial charge on any atom is 0.218 e. The fourth-order valence-electron chi connectivity index (χ4n) is 3.38. The van der Waals surface area contributed by atoms with Crippen molar-refractivity contribution in [3.63, 3.8) is 0 Å². The van der Waals surface area contributed by atoms with Crippen molar-refractivity contribution in [2.24, 2.45) is 5.92 Å². The minimum Gasteiger partial charge on any atom is -0.264 e. The van der Waals surface area contributed by atoms with Crippen LogP contribution in [0.5, 0.6) is 0 Å². The average molecular weight is 383 g/mol. The Bertz CT molecular complexity index is 989. The first-order valence-electron chi connectivity index (χ1n) is 8.93. The molecule has 7 nitrogen and oxygen atoms in total. The first-order valence-corrected chi connectivity index (χ1v) is 10.5. The third-order valence-corrected chi connectivity index (χ3v) is 6.58. The minimum atomic E-state index is -3.30. The third kappa shape index (κ3) is 4.23. The van der Waals surface area contributed by atoms with Crippen molar-refractivity contribution in [1.29, 1.82) is 0 Å². The number of H-pyrrole nitrogens is 1. The Hall–Kier alpha value is -2.58. The Morgan fingerprint density at radius 2 is 2.00 bits per heavy atom. The summed E-state index contributed by atoms with van der Waals surface area (Å²) in [5.74, 6) is 1.68. The Labute approximate surface area is 158 Å². The number of hydrogen-bond acceptors (Lipinski definition) is 5. The summed E-state index contributed by atoms with van der Waals surface area (Å²) in [5, 5.41) is 7.21. The van der Waals surface area contributed by atoms with E-state index in [1.807, 2.05) is 42.5 Å². The Kier molecular flexibility index (Phi) is 5.00. The maximum atomic E-state index is 12.7. The van der Waals surface area contributed by atoms with Gasteiger partial charge in [-0.2, -0.15) is 5.10 Å². The number of pyridine rings is 1. The van der Waals surface area contributed by atoms with Crippen molar-refractivity contribution in [3.05, 3.63) is 66.2 Å². The minimum absolute atomic E-state index is 0.0496. The molecule has 0 spiro atoms. The molecule has 1 fully saturated rings. The van der Waals surface area contributed by atoms with Crippen LogP contribution in [0.15, 0.2) is 54.9 Å². The predicted octanol–water partition coefficient (Wildman–Crippen LogP) is 2.26. The molecule has 0 bridgehead atoms. The van der Waals surface area contributed by atoms with Crippen LogP contribution in [0.3, 0.4) is 0 Å². The summed E-state index contributed by atoms with van der Waals surface area (Å²) in [6.45, 7) is 1.08. The number of hydrogen-bond donors (Lipinski definition) is 1. The van der Waals surface area contributed by atoms with E-state index >= 15 is 0 Å². The van der Waals surface area contributed by atoms with Crippen LogP contribution in [0.1, 0.15) is 17.8 Å². The van der Waals surface area contributed by atoms with Gasteiger partial charge in [0.25, 0.3) is 0 Å².